The SMILES string of the molecule is OCc1cccc(-c2nc(N3CCOCC3)c3ncn(C4CCN(Cc5ccc(F)cc5F)CC4)c3n2)c1. The zero-order valence-electron chi connectivity index (χ0n) is 21.1. The number of hydrogen-bond acceptors (Lipinski definition) is 7. The van der Waals surface area contributed by atoms with Crippen LogP contribution in [0.2, 0.25) is 0 Å². The predicted octanol–water partition coefficient (Wildman–Crippen LogP) is 3.94. The number of rotatable bonds is 6. The van der Waals surface area contributed by atoms with Gasteiger partial charge in [-0.2, -0.15) is 0 Å². The third-order valence-corrected chi connectivity index (χ3v) is 7.44. The molecule has 1 N–H and O–H groups in total. The molecule has 8 nitrogen and oxygen atoms in total. The van der Waals surface area contributed by atoms with Crippen molar-refractivity contribution < 1.29 is 18.6 Å². The van der Waals surface area contributed by atoms with Gasteiger partial charge in [0.15, 0.2) is 22.8 Å². The molecular weight excluding hydrogens is 490 g/mol. The predicted molar refractivity (Wildman–Crippen MR) is 140 cm³/mol. The number of fused-ring (bicyclic) bond motifs is 1. The highest BCUT2D eigenvalue weighted by Crippen LogP contribution is 2.32. The minimum Gasteiger partial charge on any atom is -0.392 e. The van der Waals surface area contributed by atoms with Crippen molar-refractivity contribution >= 4 is 17.0 Å². The third-order valence-electron chi connectivity index (χ3n) is 7.44. The molecule has 4 heterocycles. The van der Waals surface area contributed by atoms with E-state index in [4.69, 9.17) is 19.7 Å². The van der Waals surface area contributed by atoms with Crippen LogP contribution < -0.4 is 4.90 Å². The summed E-state index contributed by atoms with van der Waals surface area (Å²) < 4.78 is 35.2. The molecule has 0 spiro atoms. The second kappa shape index (κ2) is 10.7. The van der Waals surface area contributed by atoms with Gasteiger partial charge in [0, 0.05) is 56.0 Å². The van der Waals surface area contributed by atoms with E-state index in [0.29, 0.717) is 31.1 Å². The zero-order valence-corrected chi connectivity index (χ0v) is 21.1. The Bertz CT molecular complexity index is 1430. The summed E-state index contributed by atoms with van der Waals surface area (Å²) in [6, 6.07) is 11.6. The number of aliphatic hydroxyl groups is 1. The highest BCUT2D eigenvalue weighted by atomic mass is 19.1. The topological polar surface area (TPSA) is 79.5 Å². The molecule has 10 heteroatoms. The van der Waals surface area contributed by atoms with Crippen LogP contribution >= 0.6 is 0 Å². The quantitative estimate of drug-likeness (QED) is 0.413. The lowest BCUT2D eigenvalue weighted by molar-refractivity contribution is 0.122. The van der Waals surface area contributed by atoms with Gasteiger partial charge in [0.05, 0.1) is 26.1 Å². The first-order chi connectivity index (χ1) is 18.6. The van der Waals surface area contributed by atoms with E-state index in [9.17, 15) is 13.9 Å². The molecule has 2 fully saturated rings. The molecular formula is C28H30F2N6O2. The fourth-order valence-corrected chi connectivity index (χ4v) is 5.35. The average Bonchev–Trinajstić information content (AvgIpc) is 3.39. The molecule has 2 aliphatic heterocycles. The summed E-state index contributed by atoms with van der Waals surface area (Å²) >= 11 is 0. The Morgan fingerprint density at radius 3 is 2.55 bits per heavy atom. The molecule has 0 unspecified atom stereocenters. The Kier molecular flexibility index (Phi) is 7.01. The molecule has 198 valence electrons. The van der Waals surface area contributed by atoms with Crippen LogP contribution in [-0.4, -0.2) is 68.9 Å². The first kappa shape index (κ1) is 24.8. The fraction of sp³-hybridized carbons (Fsp3) is 0.393. The van der Waals surface area contributed by atoms with Gasteiger partial charge in [0.25, 0.3) is 0 Å². The molecule has 4 aromatic rings. The van der Waals surface area contributed by atoms with E-state index >= 15 is 0 Å². The van der Waals surface area contributed by atoms with Gasteiger partial charge in [-0.05, 0) is 30.5 Å². The molecule has 6 rings (SSSR count). The smallest absolute Gasteiger partial charge is 0.166 e. The van der Waals surface area contributed by atoms with E-state index in [1.54, 1.807) is 0 Å². The van der Waals surface area contributed by atoms with Crippen molar-refractivity contribution in [2.75, 3.05) is 44.3 Å². The normalized spacial score (nSPS) is 17.4. The van der Waals surface area contributed by atoms with Gasteiger partial charge in [0.2, 0.25) is 0 Å². The maximum atomic E-state index is 14.2. The van der Waals surface area contributed by atoms with E-state index in [0.717, 1.165) is 73.2 Å². The Hall–Kier alpha value is -3.47. The first-order valence-electron chi connectivity index (χ1n) is 13.0. The Balaban J connectivity index is 1.29. The van der Waals surface area contributed by atoms with E-state index in [1.165, 1.54) is 12.1 Å². The van der Waals surface area contributed by atoms with Crippen LogP contribution in [0.1, 0.15) is 30.0 Å². The maximum absolute atomic E-state index is 14.2. The van der Waals surface area contributed by atoms with Crippen LogP contribution in [0.4, 0.5) is 14.6 Å². The van der Waals surface area contributed by atoms with Crippen LogP contribution in [-0.2, 0) is 17.9 Å². The van der Waals surface area contributed by atoms with Gasteiger partial charge >= 0.3 is 0 Å². The summed E-state index contributed by atoms with van der Waals surface area (Å²) in [6.45, 7) is 4.70. The standard InChI is InChI=1S/C28H30F2N6O2/c29-22-5-4-21(24(30)15-22)16-34-8-6-23(7-9-34)36-18-31-25-27(35-10-12-38-13-11-35)32-26(33-28(25)36)20-3-1-2-19(14-20)17-37/h1-5,14-15,18,23,37H,6-13,16-17H2. The van der Waals surface area contributed by atoms with Crippen LogP contribution in [0.3, 0.4) is 0 Å². The number of piperidine rings is 1. The summed E-state index contributed by atoms with van der Waals surface area (Å²) in [5.74, 6) is 0.335. The first-order valence-corrected chi connectivity index (χ1v) is 13.0. The van der Waals surface area contributed by atoms with Crippen LogP contribution in [0.5, 0.6) is 0 Å². The molecule has 0 aliphatic carbocycles. The van der Waals surface area contributed by atoms with Crippen molar-refractivity contribution in [3.8, 4) is 11.4 Å². The van der Waals surface area contributed by atoms with Gasteiger partial charge in [-0.15, -0.1) is 0 Å². The van der Waals surface area contributed by atoms with E-state index < -0.39 is 11.6 Å². The van der Waals surface area contributed by atoms with Crippen molar-refractivity contribution in [2.45, 2.75) is 32.0 Å². The lowest BCUT2D eigenvalue weighted by atomic mass is 10.0. The average molecular weight is 521 g/mol. The molecule has 0 bridgehead atoms. The monoisotopic (exact) mass is 520 g/mol. The van der Waals surface area contributed by atoms with Crippen molar-refractivity contribution in [1.82, 2.24) is 24.4 Å². The number of nitrogens with zero attached hydrogens (tertiary/aromatic N) is 6. The van der Waals surface area contributed by atoms with Gasteiger partial charge < -0.3 is 19.3 Å². The number of aliphatic hydroxyl groups excluding tert-OH is 1. The van der Waals surface area contributed by atoms with Gasteiger partial charge in [-0.25, -0.2) is 23.7 Å². The van der Waals surface area contributed by atoms with Crippen LogP contribution in [0, 0.1) is 11.6 Å². The second-order valence-corrected chi connectivity index (χ2v) is 9.90. The summed E-state index contributed by atoms with van der Waals surface area (Å²) in [6.07, 6.45) is 3.58. The number of ether oxygens (including phenoxy) is 1. The van der Waals surface area contributed by atoms with Crippen LogP contribution in [0.15, 0.2) is 48.8 Å². The number of anilines is 1. The Labute approximate surface area is 219 Å². The molecule has 2 aliphatic rings. The van der Waals surface area contributed by atoms with Crippen molar-refractivity contribution in [3.63, 3.8) is 0 Å². The maximum Gasteiger partial charge on any atom is 0.166 e. The van der Waals surface area contributed by atoms with E-state index in [2.05, 4.69) is 14.4 Å². The van der Waals surface area contributed by atoms with Crippen LogP contribution in [0.25, 0.3) is 22.6 Å². The minimum atomic E-state index is -0.558. The Morgan fingerprint density at radius 2 is 1.79 bits per heavy atom. The highest BCUT2D eigenvalue weighted by Gasteiger charge is 2.26. The van der Waals surface area contributed by atoms with Gasteiger partial charge in [0.1, 0.15) is 11.6 Å². The third kappa shape index (κ3) is 4.99. The molecule has 2 saturated heterocycles. The molecule has 0 amide bonds. The molecule has 0 saturated carbocycles. The molecule has 0 atom stereocenters. The minimum absolute atomic E-state index is 0.0509. The van der Waals surface area contributed by atoms with Gasteiger partial charge in [-0.3, -0.25) is 4.90 Å². The number of aromatic nitrogens is 4. The van der Waals surface area contributed by atoms with E-state index in [1.807, 2.05) is 30.6 Å². The zero-order chi connectivity index (χ0) is 26.1. The molecule has 2 aromatic heterocycles. The lowest BCUT2D eigenvalue weighted by Crippen LogP contribution is -2.37. The van der Waals surface area contributed by atoms with Crippen molar-refractivity contribution in [2.24, 2.45) is 0 Å². The van der Waals surface area contributed by atoms with Crippen molar-refractivity contribution in [1.29, 1.82) is 0 Å². The number of benzene rings is 2. The lowest BCUT2D eigenvalue weighted by Gasteiger charge is -2.33. The summed E-state index contributed by atoms with van der Waals surface area (Å²) in [7, 11) is 0. The summed E-state index contributed by atoms with van der Waals surface area (Å²) in [5.41, 5.74) is 3.71. The number of halogens is 2. The molecule has 38 heavy (non-hydrogen) atoms. The van der Waals surface area contributed by atoms with Gasteiger partial charge in [-0.1, -0.05) is 24.3 Å². The number of hydrogen-bond donors (Lipinski definition) is 1. The number of morpholine rings is 1. The summed E-state index contributed by atoms with van der Waals surface area (Å²) in [5, 5.41) is 9.64. The number of imidazole rings is 1. The van der Waals surface area contributed by atoms with Crippen molar-refractivity contribution in [3.05, 3.63) is 71.6 Å². The largest absolute Gasteiger partial charge is 0.392 e. The number of likely N-dealkylation sites (tertiary alicyclic amines) is 1. The Morgan fingerprint density at radius 1 is 0.974 bits per heavy atom. The molecule has 2 aromatic carbocycles. The second-order valence-electron chi connectivity index (χ2n) is 9.90. The fourth-order valence-electron chi connectivity index (χ4n) is 5.35. The summed E-state index contributed by atoms with van der Waals surface area (Å²) in [4.78, 5) is 19.1. The highest BCUT2D eigenvalue weighted by molar-refractivity contribution is 5.86. The molecule has 0 radical (unpaired) electrons. The van der Waals surface area contributed by atoms with E-state index in [-0.39, 0.29) is 12.6 Å².